The number of hydrogen-bond acceptors (Lipinski definition) is 7. The van der Waals surface area contributed by atoms with Crippen LogP contribution in [0.1, 0.15) is 63.8 Å². The van der Waals surface area contributed by atoms with Crippen molar-refractivity contribution < 1.29 is 13.6 Å². The van der Waals surface area contributed by atoms with E-state index < -0.39 is 5.66 Å². The van der Waals surface area contributed by atoms with E-state index in [9.17, 15) is 0 Å². The standard InChI is InChI=1S/C59H50N4O3/c1-57(2,3)37-23-27-55-45(31-37)59(46-32-38(58(4,5)6)24-28-56(46)66-55,62-35-60(47-17-9-11-19-49(47)62)39-25-29-53-43(33-39)41-15-7-13-21-51(41)64-53)63-36-61(48-18-10-12-20-50(48)63)40-26-30-54-44(34-40)42-16-8-14-22-52(42)65-54/h7-34H,35-36H2,1-6H3. The smallest absolute Gasteiger partial charge is 0.176 e. The molecule has 10 aromatic rings. The summed E-state index contributed by atoms with van der Waals surface area (Å²) >= 11 is 0. The zero-order valence-corrected chi connectivity index (χ0v) is 38.1. The van der Waals surface area contributed by atoms with Crippen molar-refractivity contribution in [2.24, 2.45) is 0 Å². The van der Waals surface area contributed by atoms with E-state index in [1.807, 2.05) is 12.1 Å². The van der Waals surface area contributed by atoms with E-state index >= 15 is 0 Å². The fourth-order valence-corrected chi connectivity index (χ4v) is 10.9. The summed E-state index contributed by atoms with van der Waals surface area (Å²) in [6.45, 7) is 14.9. The van der Waals surface area contributed by atoms with E-state index in [1.54, 1.807) is 0 Å². The number of fused-ring (bicyclic) bond motifs is 10. The van der Waals surface area contributed by atoms with Crippen LogP contribution in [0.2, 0.25) is 0 Å². The highest BCUT2D eigenvalue weighted by molar-refractivity contribution is 6.08. The SMILES string of the molecule is CC(C)(C)c1ccc2c(c1)C(N1CN(c3ccc4oc5ccccc5c4c3)c3ccccc31)(N1CN(c3ccc4oc5ccccc5c4c3)c3ccccc31)c1cc(C(C)(C)C)ccc1O2. The minimum atomic E-state index is -0.931. The Balaban J connectivity index is 1.09. The van der Waals surface area contributed by atoms with Gasteiger partial charge in [0, 0.05) is 44.0 Å². The van der Waals surface area contributed by atoms with Crippen molar-refractivity contribution in [3.05, 3.63) is 192 Å². The molecule has 7 heteroatoms. The lowest BCUT2D eigenvalue weighted by atomic mass is 9.77. The van der Waals surface area contributed by atoms with Gasteiger partial charge in [-0.3, -0.25) is 0 Å². The van der Waals surface area contributed by atoms with Gasteiger partial charge in [-0.25, -0.2) is 0 Å². The average Bonchev–Trinajstić information content (AvgIpc) is 4.10. The molecule has 3 aliphatic rings. The molecule has 0 aliphatic carbocycles. The van der Waals surface area contributed by atoms with Crippen molar-refractivity contribution in [2.75, 3.05) is 32.9 Å². The first-order valence-electron chi connectivity index (χ1n) is 23.0. The molecule has 0 saturated carbocycles. The Morgan fingerprint density at radius 1 is 0.394 bits per heavy atom. The second kappa shape index (κ2) is 13.7. The summed E-state index contributed by atoms with van der Waals surface area (Å²) in [7, 11) is 0. The first kappa shape index (κ1) is 38.8. The highest BCUT2D eigenvalue weighted by Crippen LogP contribution is 2.61. The van der Waals surface area contributed by atoms with Gasteiger partial charge in [0.05, 0.1) is 36.1 Å². The summed E-state index contributed by atoms with van der Waals surface area (Å²) in [6.07, 6.45) is 0. The van der Waals surface area contributed by atoms with E-state index in [4.69, 9.17) is 13.6 Å². The van der Waals surface area contributed by atoms with Crippen LogP contribution in [0, 0.1) is 0 Å². The van der Waals surface area contributed by atoms with Gasteiger partial charge in [0.25, 0.3) is 0 Å². The van der Waals surface area contributed by atoms with Crippen LogP contribution in [0.3, 0.4) is 0 Å². The Kier molecular flexibility index (Phi) is 8.05. The lowest BCUT2D eigenvalue weighted by molar-refractivity contribution is 0.368. The van der Waals surface area contributed by atoms with Crippen molar-refractivity contribution in [2.45, 2.75) is 58.0 Å². The van der Waals surface area contributed by atoms with Gasteiger partial charge >= 0.3 is 0 Å². The normalized spacial score (nSPS) is 15.4. The van der Waals surface area contributed by atoms with Crippen LogP contribution in [0.15, 0.2) is 179 Å². The molecule has 0 spiro atoms. The zero-order valence-electron chi connectivity index (χ0n) is 38.1. The van der Waals surface area contributed by atoms with Gasteiger partial charge in [0.2, 0.25) is 0 Å². The van der Waals surface area contributed by atoms with Gasteiger partial charge in [-0.1, -0.05) is 114 Å². The predicted octanol–water partition coefficient (Wildman–Crippen LogP) is 15.6. The molecule has 0 atom stereocenters. The molecule has 0 fully saturated rings. The summed E-state index contributed by atoms with van der Waals surface area (Å²) in [5.74, 6) is 1.70. The molecule has 324 valence electrons. The maximum absolute atomic E-state index is 7.15. The molecule has 5 heterocycles. The fourth-order valence-electron chi connectivity index (χ4n) is 10.9. The molecule has 0 amide bonds. The molecule has 0 bridgehead atoms. The number of para-hydroxylation sites is 6. The summed E-state index contributed by atoms with van der Waals surface area (Å²) in [6, 6.07) is 61.6. The van der Waals surface area contributed by atoms with Crippen molar-refractivity contribution in [3.63, 3.8) is 0 Å². The van der Waals surface area contributed by atoms with Crippen molar-refractivity contribution in [1.82, 2.24) is 0 Å². The second-order valence-electron chi connectivity index (χ2n) is 20.2. The number of anilines is 6. The monoisotopic (exact) mass is 862 g/mol. The third-order valence-electron chi connectivity index (χ3n) is 14.3. The summed E-state index contributed by atoms with van der Waals surface area (Å²) in [5, 5.41) is 4.43. The molecule has 13 rings (SSSR count). The van der Waals surface area contributed by atoms with Gasteiger partial charge in [0.1, 0.15) is 33.8 Å². The zero-order chi connectivity index (χ0) is 44.7. The Labute approximate surface area is 384 Å². The highest BCUT2D eigenvalue weighted by atomic mass is 16.5. The number of benzene rings is 8. The third-order valence-corrected chi connectivity index (χ3v) is 14.3. The number of furan rings is 2. The Bertz CT molecular complexity index is 3370. The van der Waals surface area contributed by atoms with Gasteiger partial charge in [-0.15, -0.1) is 0 Å². The lowest BCUT2D eigenvalue weighted by Crippen LogP contribution is -2.61. The minimum Gasteiger partial charge on any atom is -0.456 e. The van der Waals surface area contributed by atoms with Crippen LogP contribution >= 0.6 is 0 Å². The largest absolute Gasteiger partial charge is 0.456 e. The van der Waals surface area contributed by atoms with Gasteiger partial charge in [-0.2, -0.15) is 0 Å². The molecule has 3 aliphatic heterocycles. The molecule has 2 aromatic heterocycles. The number of nitrogens with zero attached hydrogens (tertiary/aromatic N) is 4. The summed E-state index contributed by atoms with van der Waals surface area (Å²) in [5.41, 5.74) is 13.8. The van der Waals surface area contributed by atoms with E-state index in [1.165, 1.54) is 11.1 Å². The third kappa shape index (κ3) is 5.55. The lowest BCUT2D eigenvalue weighted by Gasteiger charge is -2.53. The predicted molar refractivity (Wildman–Crippen MR) is 270 cm³/mol. The Morgan fingerprint density at radius 3 is 1.23 bits per heavy atom. The quantitative estimate of drug-likeness (QED) is 0.175. The Hall–Kier alpha value is -7.64. The first-order valence-corrected chi connectivity index (χ1v) is 23.0. The van der Waals surface area contributed by atoms with Crippen molar-refractivity contribution >= 4 is 78.0 Å². The topological polar surface area (TPSA) is 48.5 Å². The maximum atomic E-state index is 7.15. The van der Waals surface area contributed by atoms with Crippen LogP contribution in [-0.2, 0) is 16.5 Å². The number of hydrogen-bond donors (Lipinski definition) is 0. The van der Waals surface area contributed by atoms with Crippen molar-refractivity contribution in [1.29, 1.82) is 0 Å². The van der Waals surface area contributed by atoms with Crippen LogP contribution < -0.4 is 24.3 Å². The average molecular weight is 863 g/mol. The van der Waals surface area contributed by atoms with Crippen LogP contribution in [-0.4, -0.2) is 13.3 Å². The molecule has 66 heavy (non-hydrogen) atoms. The second-order valence-corrected chi connectivity index (χ2v) is 20.2. The highest BCUT2D eigenvalue weighted by Gasteiger charge is 2.57. The molecule has 0 radical (unpaired) electrons. The minimum absolute atomic E-state index is 0.135. The molecular weight excluding hydrogens is 813 g/mol. The number of rotatable bonds is 4. The summed E-state index contributed by atoms with van der Waals surface area (Å²) < 4.78 is 19.9. The van der Waals surface area contributed by atoms with Crippen molar-refractivity contribution in [3.8, 4) is 11.5 Å². The van der Waals surface area contributed by atoms with E-state index in [0.29, 0.717) is 13.3 Å². The first-order chi connectivity index (χ1) is 31.9. The van der Waals surface area contributed by atoms with E-state index in [-0.39, 0.29) is 10.8 Å². The molecule has 0 unspecified atom stereocenters. The molecule has 8 aromatic carbocycles. The van der Waals surface area contributed by atoms with Gasteiger partial charge in [0.15, 0.2) is 5.66 Å². The Morgan fingerprint density at radius 2 is 0.788 bits per heavy atom. The molecule has 0 saturated heterocycles. The van der Waals surface area contributed by atoms with Crippen LogP contribution in [0.4, 0.5) is 34.1 Å². The van der Waals surface area contributed by atoms with Gasteiger partial charge < -0.3 is 33.2 Å². The van der Waals surface area contributed by atoms with Crippen LogP contribution in [0.5, 0.6) is 11.5 Å². The molecule has 7 nitrogen and oxygen atoms in total. The van der Waals surface area contributed by atoms with E-state index in [2.05, 4.69) is 219 Å². The van der Waals surface area contributed by atoms with Gasteiger partial charge in [-0.05, 0) is 119 Å². The number of ether oxygens (including phenoxy) is 1. The molecule has 0 N–H and O–H groups in total. The maximum Gasteiger partial charge on any atom is 0.176 e. The van der Waals surface area contributed by atoms with Crippen LogP contribution in [0.25, 0.3) is 43.9 Å². The fraction of sp³-hybridized carbons (Fsp3) is 0.186. The van der Waals surface area contributed by atoms with E-state index in [0.717, 1.165) is 101 Å². The summed E-state index contributed by atoms with van der Waals surface area (Å²) in [4.78, 5) is 10.3. The molecular formula is C59H50N4O3.